The van der Waals surface area contributed by atoms with Crippen LogP contribution in [0.4, 0.5) is 5.69 Å². The van der Waals surface area contributed by atoms with Crippen LogP contribution in [0.2, 0.25) is 0 Å². The Hall–Kier alpha value is -4.00. The van der Waals surface area contributed by atoms with Gasteiger partial charge < -0.3 is 19.5 Å². The molecule has 3 aliphatic heterocycles. The zero-order valence-electron chi connectivity index (χ0n) is 17.7. The third-order valence-electron chi connectivity index (χ3n) is 6.34. The van der Waals surface area contributed by atoms with Gasteiger partial charge in [-0.2, -0.15) is 5.10 Å². The number of para-hydroxylation sites is 2. The van der Waals surface area contributed by atoms with Crippen molar-refractivity contribution in [1.29, 1.82) is 0 Å². The predicted octanol–water partition coefficient (Wildman–Crippen LogP) is 4.05. The van der Waals surface area contributed by atoms with Crippen molar-refractivity contribution in [3.05, 3.63) is 83.4 Å². The minimum absolute atomic E-state index is 0.178. The minimum Gasteiger partial charge on any atom is -0.497 e. The van der Waals surface area contributed by atoms with Crippen molar-refractivity contribution in [2.75, 3.05) is 19.5 Å². The van der Waals surface area contributed by atoms with E-state index in [2.05, 4.69) is 5.32 Å². The molecule has 0 aliphatic carbocycles. The van der Waals surface area contributed by atoms with Crippen molar-refractivity contribution in [3.8, 4) is 17.2 Å². The van der Waals surface area contributed by atoms with E-state index in [0.717, 1.165) is 33.8 Å². The van der Waals surface area contributed by atoms with Gasteiger partial charge in [0.05, 0.1) is 37.2 Å². The van der Waals surface area contributed by atoms with E-state index in [9.17, 15) is 4.79 Å². The van der Waals surface area contributed by atoms with Gasteiger partial charge >= 0.3 is 5.72 Å². The quantitative estimate of drug-likeness (QED) is 0.683. The summed E-state index contributed by atoms with van der Waals surface area (Å²) in [6.07, 6.45) is 0.632. The number of hydrogen-bond acceptors (Lipinski definition) is 6. The van der Waals surface area contributed by atoms with Crippen LogP contribution in [-0.2, 0) is 10.5 Å². The van der Waals surface area contributed by atoms with Crippen molar-refractivity contribution in [2.45, 2.75) is 18.2 Å². The number of amides is 1. The van der Waals surface area contributed by atoms with Gasteiger partial charge in [0.1, 0.15) is 5.75 Å². The average Bonchev–Trinajstić information content (AvgIpc) is 3.40. The average molecular weight is 427 g/mol. The number of ether oxygens (including phenoxy) is 3. The van der Waals surface area contributed by atoms with Crippen LogP contribution in [0.25, 0.3) is 0 Å². The number of nitrogens with zero attached hydrogens (tertiary/aromatic N) is 2. The maximum Gasteiger partial charge on any atom is 0.306 e. The number of nitrogens with one attached hydrogen (secondary N) is 1. The van der Waals surface area contributed by atoms with Gasteiger partial charge in [0.15, 0.2) is 11.5 Å². The summed E-state index contributed by atoms with van der Waals surface area (Å²) in [5.41, 5.74) is 2.87. The summed E-state index contributed by atoms with van der Waals surface area (Å²) in [5.74, 6) is 1.69. The molecule has 0 aromatic heterocycles. The Balaban J connectivity index is 1.55. The topological polar surface area (TPSA) is 72.4 Å². The molecular formula is C25H21N3O4. The van der Waals surface area contributed by atoms with Gasteiger partial charge in [-0.15, -0.1) is 0 Å². The molecule has 3 heterocycles. The van der Waals surface area contributed by atoms with E-state index in [1.54, 1.807) is 14.2 Å². The molecule has 7 heteroatoms. The van der Waals surface area contributed by atoms with Gasteiger partial charge in [-0.25, -0.2) is 5.01 Å². The molecule has 32 heavy (non-hydrogen) atoms. The molecule has 3 aromatic rings. The summed E-state index contributed by atoms with van der Waals surface area (Å²) < 4.78 is 17.4. The fourth-order valence-corrected chi connectivity index (χ4v) is 4.81. The number of hydrogen-bond donors (Lipinski definition) is 1. The van der Waals surface area contributed by atoms with E-state index in [1.165, 1.54) is 0 Å². The summed E-state index contributed by atoms with van der Waals surface area (Å²) in [6, 6.07) is 21.0. The number of rotatable bonds is 3. The van der Waals surface area contributed by atoms with Crippen LogP contribution in [0.3, 0.4) is 0 Å². The molecule has 160 valence electrons. The van der Waals surface area contributed by atoms with Crippen LogP contribution in [0.15, 0.2) is 71.8 Å². The van der Waals surface area contributed by atoms with Gasteiger partial charge in [-0.1, -0.05) is 30.3 Å². The highest BCUT2D eigenvalue weighted by molar-refractivity contribution is 6.07. The Morgan fingerprint density at radius 2 is 1.84 bits per heavy atom. The van der Waals surface area contributed by atoms with E-state index < -0.39 is 5.72 Å². The number of carbonyl (C=O) groups is 1. The number of methoxy groups -OCH3 is 2. The fraction of sp³-hybridized carbons (Fsp3) is 0.200. The Labute approximate surface area is 185 Å². The summed E-state index contributed by atoms with van der Waals surface area (Å²) >= 11 is 0. The lowest BCUT2D eigenvalue weighted by molar-refractivity contribution is -0.161. The molecule has 6 rings (SSSR count). The first-order valence-electron chi connectivity index (χ1n) is 10.4. The molecule has 7 nitrogen and oxygen atoms in total. The molecular weight excluding hydrogens is 406 g/mol. The molecule has 1 amide bonds. The van der Waals surface area contributed by atoms with Crippen molar-refractivity contribution in [2.24, 2.45) is 5.10 Å². The number of benzene rings is 3. The van der Waals surface area contributed by atoms with Crippen LogP contribution in [0.1, 0.15) is 29.2 Å². The summed E-state index contributed by atoms with van der Waals surface area (Å²) in [4.78, 5) is 13.5. The lowest BCUT2D eigenvalue weighted by atomic mass is 9.92. The molecule has 0 unspecified atom stereocenters. The van der Waals surface area contributed by atoms with Crippen molar-refractivity contribution < 1.29 is 19.0 Å². The van der Waals surface area contributed by atoms with E-state index >= 15 is 0 Å². The molecule has 0 saturated carbocycles. The monoisotopic (exact) mass is 427 g/mol. The molecule has 3 aliphatic rings. The highest BCUT2D eigenvalue weighted by Crippen LogP contribution is 2.56. The Bertz CT molecular complexity index is 1270. The lowest BCUT2D eigenvalue weighted by Crippen LogP contribution is -2.55. The third kappa shape index (κ3) is 2.42. The first kappa shape index (κ1) is 18.7. The molecule has 3 aromatic carbocycles. The van der Waals surface area contributed by atoms with E-state index in [1.807, 2.05) is 71.7 Å². The summed E-state index contributed by atoms with van der Waals surface area (Å²) in [7, 11) is 3.25. The second-order valence-corrected chi connectivity index (χ2v) is 7.96. The zero-order valence-corrected chi connectivity index (χ0v) is 17.7. The predicted molar refractivity (Wildman–Crippen MR) is 119 cm³/mol. The maximum absolute atomic E-state index is 13.5. The van der Waals surface area contributed by atoms with E-state index in [-0.39, 0.29) is 11.9 Å². The van der Waals surface area contributed by atoms with Crippen LogP contribution >= 0.6 is 0 Å². The first-order valence-corrected chi connectivity index (χ1v) is 10.4. The van der Waals surface area contributed by atoms with Crippen molar-refractivity contribution in [1.82, 2.24) is 5.01 Å². The second-order valence-electron chi connectivity index (χ2n) is 7.96. The molecule has 0 fully saturated rings. The molecule has 0 saturated heterocycles. The van der Waals surface area contributed by atoms with Gasteiger partial charge in [-0.3, -0.25) is 4.79 Å². The maximum atomic E-state index is 13.5. The fourth-order valence-electron chi connectivity index (χ4n) is 4.81. The Morgan fingerprint density at radius 3 is 2.62 bits per heavy atom. The van der Waals surface area contributed by atoms with Crippen LogP contribution in [0.5, 0.6) is 17.2 Å². The SMILES string of the molecule is COc1ccc(C2=NN3[C@H](C2)c2cccc(OC)c2O[C@]32C(=O)Nc3ccccc32)cc1. The van der Waals surface area contributed by atoms with Crippen LogP contribution < -0.4 is 19.5 Å². The standard InChI is InChI=1S/C25H21N3O4/c1-30-16-12-10-15(11-13-16)20-14-21-17-6-5-9-22(31-2)23(17)32-25(28(21)27-20)18-7-3-4-8-19(18)26-24(25)29/h3-13,21H,14H2,1-2H3,(H,26,29)/t21-,25-/m1/s1. The number of carbonyl (C=O) groups excluding carboxylic acids is 1. The van der Waals surface area contributed by atoms with Gasteiger partial charge in [0.25, 0.3) is 5.91 Å². The molecule has 1 spiro atoms. The summed E-state index contributed by atoms with van der Waals surface area (Å²) in [5, 5.41) is 9.75. The first-order chi connectivity index (χ1) is 15.7. The Kier molecular flexibility index (Phi) is 3.95. The highest BCUT2D eigenvalue weighted by atomic mass is 16.6. The summed E-state index contributed by atoms with van der Waals surface area (Å²) in [6.45, 7) is 0. The minimum atomic E-state index is -1.41. The van der Waals surface area contributed by atoms with Crippen LogP contribution in [0, 0.1) is 0 Å². The van der Waals surface area contributed by atoms with Gasteiger partial charge in [0, 0.05) is 12.0 Å². The highest BCUT2D eigenvalue weighted by Gasteiger charge is 2.61. The molecule has 2 atom stereocenters. The largest absolute Gasteiger partial charge is 0.497 e. The molecule has 0 radical (unpaired) electrons. The van der Waals surface area contributed by atoms with Crippen LogP contribution in [-0.4, -0.2) is 30.8 Å². The third-order valence-corrected chi connectivity index (χ3v) is 6.34. The zero-order chi connectivity index (χ0) is 21.9. The Morgan fingerprint density at radius 1 is 1.03 bits per heavy atom. The van der Waals surface area contributed by atoms with Gasteiger partial charge in [0.2, 0.25) is 0 Å². The number of fused-ring (bicyclic) bond motifs is 6. The van der Waals surface area contributed by atoms with Crippen molar-refractivity contribution in [3.63, 3.8) is 0 Å². The smallest absolute Gasteiger partial charge is 0.306 e. The molecule has 0 bridgehead atoms. The van der Waals surface area contributed by atoms with E-state index in [4.69, 9.17) is 19.3 Å². The number of anilines is 1. The second kappa shape index (κ2) is 6.75. The van der Waals surface area contributed by atoms with E-state index in [0.29, 0.717) is 17.9 Å². The lowest BCUT2D eigenvalue weighted by Gasteiger charge is -2.44. The van der Waals surface area contributed by atoms with Gasteiger partial charge in [-0.05, 0) is 42.0 Å². The van der Waals surface area contributed by atoms with Crippen molar-refractivity contribution >= 4 is 17.3 Å². The molecule has 1 N–H and O–H groups in total. The normalized spacial score (nSPS) is 22.4. The number of hydrazone groups is 1.